The molecule has 1 heterocycles. The number of nitrogens with one attached hydrogen (secondary N) is 2. The molecule has 94 valence electrons. The summed E-state index contributed by atoms with van der Waals surface area (Å²) in [6.45, 7) is 6.58. The van der Waals surface area contributed by atoms with Gasteiger partial charge in [0.05, 0.1) is 6.04 Å². The summed E-state index contributed by atoms with van der Waals surface area (Å²) in [5.74, 6) is 2.74. The molecule has 1 fully saturated rings. The second kappa shape index (κ2) is 7.17. The molecule has 0 radical (unpaired) electrons. The topological polar surface area (TPSA) is 41.1 Å². The van der Waals surface area contributed by atoms with Crippen molar-refractivity contribution in [3.63, 3.8) is 0 Å². The molecule has 3 nitrogen and oxygen atoms in total. The minimum absolute atomic E-state index is 0.0255. The summed E-state index contributed by atoms with van der Waals surface area (Å²) in [5.41, 5.74) is 0. The maximum absolute atomic E-state index is 11.8. The quantitative estimate of drug-likeness (QED) is 0.750. The number of carbonyl (C=O) groups excluding carboxylic acids is 1. The number of rotatable bonds is 6. The fourth-order valence-electron chi connectivity index (χ4n) is 1.81. The Bertz CT molecular complexity index is 215. The summed E-state index contributed by atoms with van der Waals surface area (Å²) in [6, 6.07) is 0.330. The molecule has 0 spiro atoms. The van der Waals surface area contributed by atoms with Gasteiger partial charge in [-0.15, -0.1) is 11.8 Å². The highest BCUT2D eigenvalue weighted by molar-refractivity contribution is 7.99. The van der Waals surface area contributed by atoms with Crippen molar-refractivity contribution in [1.82, 2.24) is 10.6 Å². The van der Waals surface area contributed by atoms with E-state index in [1.54, 1.807) is 11.8 Å². The second-order valence-electron chi connectivity index (χ2n) is 5.01. The molecule has 1 rings (SSSR count). The van der Waals surface area contributed by atoms with Crippen LogP contribution in [0, 0.1) is 5.92 Å². The summed E-state index contributed by atoms with van der Waals surface area (Å²) in [6.07, 6.45) is 3.54. The number of hydrogen-bond donors (Lipinski definition) is 2. The van der Waals surface area contributed by atoms with Gasteiger partial charge >= 0.3 is 0 Å². The number of carbonyl (C=O) groups is 1. The predicted octanol–water partition coefficient (Wildman–Crippen LogP) is 1.98. The standard InChI is InChI=1S/C12H24N2OS/c1-9(2)5-4-6-10(3)14-12(15)11-7-16-8-13-11/h9-11,13H,4-8H2,1-3H3,(H,14,15). The lowest BCUT2D eigenvalue weighted by molar-refractivity contribution is -0.123. The van der Waals surface area contributed by atoms with Crippen molar-refractivity contribution in [3.05, 3.63) is 0 Å². The van der Waals surface area contributed by atoms with Crippen LogP contribution in [0.3, 0.4) is 0 Å². The molecule has 0 aromatic carbocycles. The average Bonchev–Trinajstić information content (AvgIpc) is 2.69. The average molecular weight is 244 g/mol. The monoisotopic (exact) mass is 244 g/mol. The first-order valence-corrected chi connectivity index (χ1v) is 7.36. The summed E-state index contributed by atoms with van der Waals surface area (Å²) in [7, 11) is 0. The van der Waals surface area contributed by atoms with Crippen LogP contribution in [-0.4, -0.2) is 29.6 Å². The Labute approximate surface area is 103 Å². The van der Waals surface area contributed by atoms with E-state index in [2.05, 4.69) is 31.4 Å². The van der Waals surface area contributed by atoms with Gasteiger partial charge in [0.25, 0.3) is 0 Å². The van der Waals surface area contributed by atoms with Crippen molar-refractivity contribution in [2.45, 2.75) is 52.1 Å². The first-order valence-electron chi connectivity index (χ1n) is 6.21. The molecule has 1 aliphatic rings. The van der Waals surface area contributed by atoms with Crippen molar-refractivity contribution in [1.29, 1.82) is 0 Å². The number of thioether (sulfide) groups is 1. The molecule has 2 N–H and O–H groups in total. The molecular weight excluding hydrogens is 220 g/mol. The van der Waals surface area contributed by atoms with Gasteiger partial charge in [0.15, 0.2) is 0 Å². The zero-order chi connectivity index (χ0) is 12.0. The minimum Gasteiger partial charge on any atom is -0.352 e. The van der Waals surface area contributed by atoms with Crippen molar-refractivity contribution in [2.75, 3.05) is 11.6 Å². The molecule has 0 aliphatic carbocycles. The van der Waals surface area contributed by atoms with E-state index in [1.807, 2.05) is 0 Å². The third-order valence-corrected chi connectivity index (χ3v) is 3.78. The summed E-state index contributed by atoms with van der Waals surface area (Å²) in [4.78, 5) is 11.8. The molecular formula is C12H24N2OS. The minimum atomic E-state index is 0.0255. The lowest BCUT2D eigenvalue weighted by Gasteiger charge is -2.17. The maximum Gasteiger partial charge on any atom is 0.238 e. The van der Waals surface area contributed by atoms with Crippen LogP contribution in [0.2, 0.25) is 0 Å². The van der Waals surface area contributed by atoms with E-state index < -0.39 is 0 Å². The van der Waals surface area contributed by atoms with Crippen LogP contribution in [0.4, 0.5) is 0 Å². The molecule has 16 heavy (non-hydrogen) atoms. The molecule has 2 atom stereocenters. The van der Waals surface area contributed by atoms with Crippen molar-refractivity contribution in [3.8, 4) is 0 Å². The Hall–Kier alpha value is -0.220. The van der Waals surface area contributed by atoms with E-state index in [-0.39, 0.29) is 11.9 Å². The normalized spacial score (nSPS) is 22.4. The Kier molecular flexibility index (Phi) is 6.21. The van der Waals surface area contributed by atoms with Crippen LogP contribution in [0.15, 0.2) is 0 Å². The lowest BCUT2D eigenvalue weighted by atomic mass is 10.0. The van der Waals surface area contributed by atoms with Crippen LogP contribution in [0.1, 0.15) is 40.0 Å². The van der Waals surface area contributed by atoms with Gasteiger partial charge in [-0.1, -0.05) is 26.7 Å². The SMILES string of the molecule is CC(C)CCCC(C)NC(=O)C1CSCN1. The molecule has 1 amide bonds. The Balaban J connectivity index is 2.12. The highest BCUT2D eigenvalue weighted by atomic mass is 32.2. The van der Waals surface area contributed by atoms with Gasteiger partial charge < -0.3 is 5.32 Å². The van der Waals surface area contributed by atoms with E-state index in [9.17, 15) is 4.79 Å². The first kappa shape index (κ1) is 13.8. The van der Waals surface area contributed by atoms with Crippen LogP contribution in [0.25, 0.3) is 0 Å². The molecule has 0 aromatic rings. The largest absolute Gasteiger partial charge is 0.352 e. The molecule has 0 aromatic heterocycles. The predicted molar refractivity (Wildman–Crippen MR) is 70.5 cm³/mol. The Morgan fingerprint density at radius 1 is 1.44 bits per heavy atom. The van der Waals surface area contributed by atoms with Gasteiger partial charge in [0, 0.05) is 17.7 Å². The van der Waals surface area contributed by atoms with Gasteiger partial charge in [-0.25, -0.2) is 0 Å². The molecule has 0 saturated carbocycles. The smallest absolute Gasteiger partial charge is 0.238 e. The number of hydrogen-bond acceptors (Lipinski definition) is 3. The summed E-state index contributed by atoms with van der Waals surface area (Å²) < 4.78 is 0. The van der Waals surface area contributed by atoms with Gasteiger partial charge in [-0.05, 0) is 19.3 Å². The van der Waals surface area contributed by atoms with Crippen LogP contribution < -0.4 is 10.6 Å². The van der Waals surface area contributed by atoms with Crippen LogP contribution >= 0.6 is 11.8 Å². The van der Waals surface area contributed by atoms with E-state index >= 15 is 0 Å². The zero-order valence-electron chi connectivity index (χ0n) is 10.6. The molecule has 1 saturated heterocycles. The van der Waals surface area contributed by atoms with Gasteiger partial charge in [0.2, 0.25) is 5.91 Å². The van der Waals surface area contributed by atoms with Crippen molar-refractivity contribution >= 4 is 17.7 Å². The Morgan fingerprint density at radius 3 is 2.75 bits per heavy atom. The third-order valence-electron chi connectivity index (χ3n) is 2.84. The van der Waals surface area contributed by atoms with Gasteiger partial charge in [-0.2, -0.15) is 0 Å². The van der Waals surface area contributed by atoms with Gasteiger partial charge in [-0.3, -0.25) is 10.1 Å². The summed E-state index contributed by atoms with van der Waals surface area (Å²) in [5, 5.41) is 6.27. The van der Waals surface area contributed by atoms with Crippen molar-refractivity contribution in [2.24, 2.45) is 5.92 Å². The number of amides is 1. The lowest BCUT2D eigenvalue weighted by Crippen LogP contribution is -2.45. The van der Waals surface area contributed by atoms with Gasteiger partial charge in [0.1, 0.15) is 0 Å². The third kappa shape index (κ3) is 5.21. The zero-order valence-corrected chi connectivity index (χ0v) is 11.4. The van der Waals surface area contributed by atoms with Crippen molar-refractivity contribution < 1.29 is 4.79 Å². The molecule has 2 unspecified atom stereocenters. The van der Waals surface area contributed by atoms with Crippen LogP contribution in [-0.2, 0) is 4.79 Å². The molecule has 4 heteroatoms. The summed E-state index contributed by atoms with van der Waals surface area (Å²) >= 11 is 1.79. The fraction of sp³-hybridized carbons (Fsp3) is 0.917. The van der Waals surface area contributed by atoms with E-state index in [0.717, 1.165) is 24.0 Å². The highest BCUT2D eigenvalue weighted by Gasteiger charge is 2.23. The highest BCUT2D eigenvalue weighted by Crippen LogP contribution is 2.11. The van der Waals surface area contributed by atoms with E-state index in [4.69, 9.17) is 0 Å². The van der Waals surface area contributed by atoms with E-state index in [0.29, 0.717) is 6.04 Å². The fourth-order valence-corrected chi connectivity index (χ4v) is 2.75. The Morgan fingerprint density at radius 2 is 2.19 bits per heavy atom. The van der Waals surface area contributed by atoms with E-state index in [1.165, 1.54) is 12.8 Å². The maximum atomic E-state index is 11.8. The van der Waals surface area contributed by atoms with Crippen LogP contribution in [0.5, 0.6) is 0 Å². The first-order chi connectivity index (χ1) is 7.59. The molecule has 0 bridgehead atoms. The second-order valence-corrected chi connectivity index (χ2v) is 6.04. The molecule has 1 aliphatic heterocycles.